The molecule has 11 heavy (non-hydrogen) atoms. The monoisotopic (exact) mass is 210 g/mol. The van der Waals surface area contributed by atoms with Crippen LogP contribution in [0.3, 0.4) is 0 Å². The minimum absolute atomic E-state index is 0.250. The molecule has 0 spiro atoms. The molecule has 0 bridgehead atoms. The third kappa shape index (κ3) is 1.89. The summed E-state index contributed by atoms with van der Waals surface area (Å²) in [4.78, 5) is 3.88. The van der Waals surface area contributed by atoms with Gasteiger partial charge < -0.3 is 5.32 Å². The molecule has 1 rings (SSSR count). The van der Waals surface area contributed by atoms with Gasteiger partial charge in [0.25, 0.3) is 0 Å². The lowest BCUT2D eigenvalue weighted by molar-refractivity contribution is 1.29. The fourth-order valence-corrected chi connectivity index (χ4v) is 1.21. The van der Waals surface area contributed by atoms with Crippen molar-refractivity contribution >= 4 is 40.6 Å². The highest BCUT2D eigenvalue weighted by Crippen LogP contribution is 2.28. The Bertz CT molecular complexity index is 275. The molecule has 0 aliphatic heterocycles. The Balaban J connectivity index is 3.21. The van der Waals surface area contributed by atoms with E-state index in [2.05, 4.69) is 10.3 Å². The number of anilines is 1. The predicted octanol–water partition coefficient (Wildman–Crippen LogP) is 3.08. The third-order valence-electron chi connectivity index (χ3n) is 1.12. The lowest BCUT2D eigenvalue weighted by Crippen LogP contribution is -1.93. The van der Waals surface area contributed by atoms with Crippen molar-refractivity contribution in [3.8, 4) is 0 Å². The van der Waals surface area contributed by atoms with Crippen molar-refractivity contribution in [3.05, 3.63) is 21.3 Å². The molecule has 0 fully saturated rings. The van der Waals surface area contributed by atoms with E-state index in [1.165, 1.54) is 0 Å². The Morgan fingerprint density at radius 1 is 1.27 bits per heavy atom. The molecule has 0 aliphatic rings. The fourth-order valence-electron chi connectivity index (χ4n) is 0.619. The molecule has 2 nitrogen and oxygen atoms in total. The largest absolute Gasteiger partial charge is 0.372 e. The second kappa shape index (κ2) is 3.48. The van der Waals surface area contributed by atoms with E-state index in [1.54, 1.807) is 13.1 Å². The van der Waals surface area contributed by atoms with Gasteiger partial charge in [0.1, 0.15) is 11.0 Å². The summed E-state index contributed by atoms with van der Waals surface area (Å²) in [5.41, 5.74) is 0. The van der Waals surface area contributed by atoms with Gasteiger partial charge >= 0.3 is 0 Å². The van der Waals surface area contributed by atoms with Crippen molar-refractivity contribution in [2.24, 2.45) is 0 Å². The summed E-state index contributed by atoms with van der Waals surface area (Å²) in [5, 5.41) is 3.84. The number of hydrogen-bond acceptors (Lipinski definition) is 2. The zero-order chi connectivity index (χ0) is 8.43. The molecule has 0 atom stereocenters. The molecule has 1 heterocycles. The summed E-state index contributed by atoms with van der Waals surface area (Å²) in [6, 6.07) is 1.55. The van der Waals surface area contributed by atoms with Crippen molar-refractivity contribution in [3.63, 3.8) is 0 Å². The maximum atomic E-state index is 5.73. The smallest absolute Gasteiger partial charge is 0.150 e. The Labute approximate surface area is 79.5 Å². The van der Waals surface area contributed by atoms with Crippen LogP contribution in [0.15, 0.2) is 6.07 Å². The van der Waals surface area contributed by atoms with Gasteiger partial charge in [-0.25, -0.2) is 4.98 Å². The second-order valence-electron chi connectivity index (χ2n) is 1.84. The van der Waals surface area contributed by atoms with Crippen LogP contribution in [0.4, 0.5) is 5.82 Å². The van der Waals surface area contributed by atoms with Gasteiger partial charge in [0.15, 0.2) is 0 Å². The average molecular weight is 211 g/mol. The minimum atomic E-state index is 0.250. The van der Waals surface area contributed by atoms with E-state index in [-0.39, 0.29) is 5.15 Å². The highest BCUT2D eigenvalue weighted by atomic mass is 35.5. The number of nitrogens with zero attached hydrogens (tertiary/aromatic N) is 1. The molecule has 5 heteroatoms. The summed E-state index contributed by atoms with van der Waals surface area (Å²) >= 11 is 17.0. The molecule has 1 aromatic heterocycles. The van der Waals surface area contributed by atoms with Gasteiger partial charge in [0.05, 0.1) is 10.0 Å². The molecule has 0 saturated heterocycles. The number of hydrogen-bond donors (Lipinski definition) is 1. The first-order valence-corrected chi connectivity index (χ1v) is 3.98. The van der Waals surface area contributed by atoms with Crippen LogP contribution in [0.2, 0.25) is 15.2 Å². The lowest BCUT2D eigenvalue weighted by Gasteiger charge is -2.02. The summed E-state index contributed by atoms with van der Waals surface area (Å²) in [6.45, 7) is 0. The van der Waals surface area contributed by atoms with Crippen LogP contribution in [0, 0.1) is 0 Å². The molecule has 0 unspecified atom stereocenters. The first kappa shape index (κ1) is 8.91. The topological polar surface area (TPSA) is 24.9 Å². The molecule has 0 saturated carbocycles. The van der Waals surface area contributed by atoms with Crippen LogP contribution in [0.25, 0.3) is 0 Å². The third-order valence-corrected chi connectivity index (χ3v) is 2.08. The number of pyridine rings is 1. The van der Waals surface area contributed by atoms with Crippen molar-refractivity contribution in [2.75, 3.05) is 12.4 Å². The van der Waals surface area contributed by atoms with Crippen molar-refractivity contribution in [2.45, 2.75) is 0 Å². The van der Waals surface area contributed by atoms with E-state index in [0.29, 0.717) is 15.9 Å². The number of nitrogens with one attached hydrogen (secondary N) is 1. The maximum Gasteiger partial charge on any atom is 0.150 e. The zero-order valence-corrected chi connectivity index (χ0v) is 7.93. The van der Waals surface area contributed by atoms with Crippen LogP contribution in [0.1, 0.15) is 0 Å². The van der Waals surface area contributed by atoms with Crippen LogP contribution < -0.4 is 5.32 Å². The summed E-state index contributed by atoms with van der Waals surface area (Å²) in [6.07, 6.45) is 0. The Hall–Kier alpha value is -0.180. The quantitative estimate of drug-likeness (QED) is 0.722. The highest BCUT2D eigenvalue weighted by molar-refractivity contribution is 6.42. The van der Waals surface area contributed by atoms with Gasteiger partial charge in [-0.05, 0) is 6.07 Å². The van der Waals surface area contributed by atoms with Crippen LogP contribution in [0.5, 0.6) is 0 Å². The van der Waals surface area contributed by atoms with Gasteiger partial charge in [0.2, 0.25) is 0 Å². The number of aromatic nitrogens is 1. The molecule has 0 aliphatic carbocycles. The zero-order valence-electron chi connectivity index (χ0n) is 5.66. The van der Waals surface area contributed by atoms with Crippen molar-refractivity contribution < 1.29 is 0 Å². The molecule has 0 aromatic carbocycles. The van der Waals surface area contributed by atoms with Crippen LogP contribution in [-0.4, -0.2) is 12.0 Å². The number of rotatable bonds is 1. The predicted molar refractivity (Wildman–Crippen MR) is 48.8 cm³/mol. The SMILES string of the molecule is CNc1nc(Cl)c(Cl)cc1Cl. The van der Waals surface area contributed by atoms with Gasteiger partial charge in [0, 0.05) is 7.05 Å². The van der Waals surface area contributed by atoms with Crippen LogP contribution >= 0.6 is 34.8 Å². The van der Waals surface area contributed by atoms with Gasteiger partial charge in [-0.3, -0.25) is 0 Å². The summed E-state index contributed by atoms with van der Waals surface area (Å²) in [5.74, 6) is 0.529. The normalized spacial score (nSPS) is 9.82. The van der Waals surface area contributed by atoms with Crippen LogP contribution in [-0.2, 0) is 0 Å². The maximum absolute atomic E-state index is 5.73. The second-order valence-corrected chi connectivity index (χ2v) is 3.01. The Morgan fingerprint density at radius 3 is 2.45 bits per heavy atom. The summed E-state index contributed by atoms with van der Waals surface area (Å²) < 4.78 is 0. The molecule has 1 aromatic rings. The molecule has 0 radical (unpaired) electrons. The standard InChI is InChI=1S/C6H5Cl3N2/c1-10-6-4(8)2-3(7)5(9)11-6/h2H,1H3,(H,10,11). The molecule has 0 amide bonds. The minimum Gasteiger partial charge on any atom is -0.372 e. The van der Waals surface area contributed by atoms with E-state index in [4.69, 9.17) is 34.8 Å². The first-order chi connectivity index (χ1) is 5.15. The van der Waals surface area contributed by atoms with Gasteiger partial charge in [-0.1, -0.05) is 34.8 Å². The molecule has 1 N–H and O–H groups in total. The molecule has 60 valence electrons. The van der Waals surface area contributed by atoms with E-state index < -0.39 is 0 Å². The molecular formula is C6H5Cl3N2. The highest BCUT2D eigenvalue weighted by Gasteiger charge is 2.04. The lowest BCUT2D eigenvalue weighted by atomic mass is 10.4. The van der Waals surface area contributed by atoms with Crippen molar-refractivity contribution in [1.82, 2.24) is 4.98 Å². The van der Waals surface area contributed by atoms with E-state index in [0.717, 1.165) is 0 Å². The fraction of sp³-hybridized carbons (Fsp3) is 0.167. The van der Waals surface area contributed by atoms with Gasteiger partial charge in [-0.2, -0.15) is 0 Å². The Morgan fingerprint density at radius 2 is 1.91 bits per heavy atom. The van der Waals surface area contributed by atoms with E-state index in [1.807, 2.05) is 0 Å². The Kier molecular flexibility index (Phi) is 2.82. The molecular weight excluding hydrogens is 206 g/mol. The first-order valence-electron chi connectivity index (χ1n) is 2.84. The van der Waals surface area contributed by atoms with E-state index in [9.17, 15) is 0 Å². The average Bonchev–Trinajstić information content (AvgIpc) is 1.97. The summed E-state index contributed by atoms with van der Waals surface area (Å²) in [7, 11) is 1.71. The number of halogens is 3. The van der Waals surface area contributed by atoms with Crippen molar-refractivity contribution in [1.29, 1.82) is 0 Å². The van der Waals surface area contributed by atoms with Gasteiger partial charge in [-0.15, -0.1) is 0 Å². The van der Waals surface area contributed by atoms with E-state index >= 15 is 0 Å².